The van der Waals surface area contributed by atoms with Crippen molar-refractivity contribution < 1.29 is 9.84 Å². The highest BCUT2D eigenvalue weighted by atomic mass is 35.5. The van der Waals surface area contributed by atoms with Crippen molar-refractivity contribution in [1.29, 1.82) is 0 Å². The Morgan fingerprint density at radius 3 is 2.72 bits per heavy atom. The molecular formula is C11H15Cl2N3O2. The van der Waals surface area contributed by atoms with E-state index in [-0.39, 0.29) is 5.82 Å². The number of hydrogen-bond acceptors (Lipinski definition) is 5. The number of nitrogens with one attached hydrogen (secondary N) is 1. The quantitative estimate of drug-likeness (QED) is 0.793. The molecule has 2 rings (SSSR count). The number of halogens is 2. The summed E-state index contributed by atoms with van der Waals surface area (Å²) in [6.07, 6.45) is 1.17. The summed E-state index contributed by atoms with van der Waals surface area (Å²) in [6.45, 7) is 1.47. The summed E-state index contributed by atoms with van der Waals surface area (Å²) in [5.74, 6) is 0.640. The Bertz CT molecular complexity index is 437. The van der Waals surface area contributed by atoms with Crippen molar-refractivity contribution in [3.63, 3.8) is 0 Å². The predicted molar refractivity (Wildman–Crippen MR) is 72.2 cm³/mol. The van der Waals surface area contributed by atoms with Crippen LogP contribution in [0, 0.1) is 0 Å². The van der Waals surface area contributed by atoms with Gasteiger partial charge in [-0.05, 0) is 6.07 Å². The van der Waals surface area contributed by atoms with E-state index in [1.54, 1.807) is 0 Å². The molecule has 1 aromatic rings. The minimum absolute atomic E-state index is 0.211. The van der Waals surface area contributed by atoms with Crippen molar-refractivity contribution in [1.82, 2.24) is 4.98 Å². The van der Waals surface area contributed by atoms with Crippen molar-refractivity contribution in [2.45, 2.75) is 18.4 Å². The monoisotopic (exact) mass is 291 g/mol. The Kier molecular flexibility index (Phi) is 4.17. The number of anilines is 2. The molecule has 0 aromatic carbocycles. The maximum absolute atomic E-state index is 10.3. The van der Waals surface area contributed by atoms with Gasteiger partial charge in [0.2, 0.25) is 0 Å². The van der Waals surface area contributed by atoms with Gasteiger partial charge in [0, 0.05) is 32.6 Å². The SMILES string of the molecule is Nc1nc(NCC2(O)CCOCC2)c(Cl)cc1Cl. The Hall–Kier alpha value is -0.750. The van der Waals surface area contributed by atoms with Crippen LogP contribution in [0.4, 0.5) is 11.6 Å². The fourth-order valence-corrected chi connectivity index (χ4v) is 2.21. The first-order valence-corrected chi connectivity index (χ1v) is 6.41. The highest BCUT2D eigenvalue weighted by molar-refractivity contribution is 6.37. The zero-order chi connectivity index (χ0) is 13.2. The molecule has 1 aliphatic heterocycles. The van der Waals surface area contributed by atoms with Crippen molar-refractivity contribution in [2.75, 3.05) is 30.8 Å². The molecule has 0 radical (unpaired) electrons. The van der Waals surface area contributed by atoms with Crippen molar-refractivity contribution in [3.8, 4) is 0 Å². The van der Waals surface area contributed by atoms with Gasteiger partial charge in [-0.3, -0.25) is 0 Å². The van der Waals surface area contributed by atoms with Crippen LogP contribution in [0.15, 0.2) is 6.07 Å². The van der Waals surface area contributed by atoms with Gasteiger partial charge in [0.25, 0.3) is 0 Å². The molecule has 18 heavy (non-hydrogen) atoms. The summed E-state index contributed by atoms with van der Waals surface area (Å²) >= 11 is 11.8. The molecule has 0 bridgehead atoms. The number of rotatable bonds is 3. The average molecular weight is 292 g/mol. The van der Waals surface area contributed by atoms with Crippen LogP contribution in [0.5, 0.6) is 0 Å². The van der Waals surface area contributed by atoms with Gasteiger partial charge in [-0.25, -0.2) is 4.98 Å². The summed E-state index contributed by atoms with van der Waals surface area (Å²) in [5, 5.41) is 14.0. The lowest BCUT2D eigenvalue weighted by molar-refractivity contribution is -0.0543. The number of pyridine rings is 1. The van der Waals surface area contributed by atoms with E-state index in [1.807, 2.05) is 0 Å². The topological polar surface area (TPSA) is 80.4 Å². The Balaban J connectivity index is 2.03. The molecule has 1 aromatic heterocycles. The van der Waals surface area contributed by atoms with E-state index in [0.29, 0.717) is 48.5 Å². The molecule has 100 valence electrons. The van der Waals surface area contributed by atoms with Crippen LogP contribution >= 0.6 is 23.2 Å². The first-order valence-electron chi connectivity index (χ1n) is 5.66. The fourth-order valence-electron chi connectivity index (χ4n) is 1.78. The van der Waals surface area contributed by atoms with E-state index >= 15 is 0 Å². The van der Waals surface area contributed by atoms with E-state index < -0.39 is 5.60 Å². The second kappa shape index (κ2) is 5.48. The van der Waals surface area contributed by atoms with Crippen LogP contribution in [-0.4, -0.2) is 35.5 Å². The zero-order valence-corrected chi connectivity index (χ0v) is 11.3. The number of aliphatic hydroxyl groups is 1. The fraction of sp³-hybridized carbons (Fsp3) is 0.545. The molecule has 0 amide bonds. The number of hydrogen-bond donors (Lipinski definition) is 3. The Morgan fingerprint density at radius 1 is 1.39 bits per heavy atom. The van der Waals surface area contributed by atoms with Gasteiger partial charge in [0.05, 0.1) is 15.6 Å². The van der Waals surface area contributed by atoms with Crippen molar-refractivity contribution in [3.05, 3.63) is 16.1 Å². The van der Waals surface area contributed by atoms with Crippen LogP contribution in [-0.2, 0) is 4.74 Å². The minimum Gasteiger partial charge on any atom is -0.388 e. The molecule has 7 heteroatoms. The molecular weight excluding hydrogens is 277 g/mol. The lowest BCUT2D eigenvalue weighted by Crippen LogP contribution is -2.42. The number of nitrogen functional groups attached to an aromatic ring is 1. The maximum Gasteiger partial charge on any atom is 0.147 e. The van der Waals surface area contributed by atoms with Crippen molar-refractivity contribution in [2.24, 2.45) is 0 Å². The largest absolute Gasteiger partial charge is 0.388 e. The van der Waals surface area contributed by atoms with Gasteiger partial charge in [0.1, 0.15) is 11.6 Å². The lowest BCUT2D eigenvalue weighted by Gasteiger charge is -2.32. The van der Waals surface area contributed by atoms with Gasteiger partial charge < -0.3 is 20.9 Å². The van der Waals surface area contributed by atoms with Gasteiger partial charge in [-0.1, -0.05) is 23.2 Å². The number of ether oxygens (including phenoxy) is 1. The highest BCUT2D eigenvalue weighted by Crippen LogP contribution is 2.28. The third-order valence-electron chi connectivity index (χ3n) is 2.97. The van der Waals surface area contributed by atoms with Crippen LogP contribution in [0.3, 0.4) is 0 Å². The molecule has 2 heterocycles. The second-order valence-electron chi connectivity index (χ2n) is 4.38. The van der Waals surface area contributed by atoms with E-state index in [1.165, 1.54) is 6.07 Å². The predicted octanol–water partition coefficient (Wildman–Crippen LogP) is 1.92. The Labute approximate surface area is 115 Å². The van der Waals surface area contributed by atoms with E-state index in [0.717, 1.165) is 0 Å². The third kappa shape index (κ3) is 3.17. The number of nitrogens with two attached hydrogens (primary N) is 1. The standard InChI is InChI=1S/C11H15Cl2N3O2/c12-7-5-8(13)10(16-9(7)14)15-6-11(17)1-3-18-4-2-11/h5,17H,1-4,6H2,(H3,14,15,16). The lowest BCUT2D eigenvalue weighted by atomic mass is 9.94. The van der Waals surface area contributed by atoms with Crippen molar-refractivity contribution >= 4 is 34.8 Å². The summed E-state index contributed by atoms with van der Waals surface area (Å²) in [4.78, 5) is 4.05. The molecule has 1 fully saturated rings. The van der Waals surface area contributed by atoms with E-state index in [2.05, 4.69) is 10.3 Å². The first-order chi connectivity index (χ1) is 8.50. The Morgan fingerprint density at radius 2 is 2.06 bits per heavy atom. The molecule has 0 spiro atoms. The summed E-state index contributed by atoms with van der Waals surface area (Å²) in [7, 11) is 0. The van der Waals surface area contributed by atoms with E-state index in [4.69, 9.17) is 33.7 Å². The van der Waals surface area contributed by atoms with Crippen LogP contribution in [0.2, 0.25) is 10.0 Å². The van der Waals surface area contributed by atoms with Crippen LogP contribution in [0.25, 0.3) is 0 Å². The molecule has 0 saturated carbocycles. The number of nitrogens with zero attached hydrogens (tertiary/aromatic N) is 1. The summed E-state index contributed by atoms with van der Waals surface area (Å²) < 4.78 is 5.21. The normalized spacial score (nSPS) is 18.6. The van der Waals surface area contributed by atoms with Gasteiger partial charge in [-0.15, -0.1) is 0 Å². The molecule has 0 aliphatic carbocycles. The maximum atomic E-state index is 10.3. The smallest absolute Gasteiger partial charge is 0.147 e. The third-order valence-corrected chi connectivity index (χ3v) is 3.56. The molecule has 1 saturated heterocycles. The molecule has 0 atom stereocenters. The van der Waals surface area contributed by atoms with Gasteiger partial charge in [0.15, 0.2) is 0 Å². The second-order valence-corrected chi connectivity index (χ2v) is 5.19. The molecule has 4 N–H and O–H groups in total. The number of aromatic nitrogens is 1. The summed E-state index contributed by atoms with van der Waals surface area (Å²) in [5.41, 5.74) is 4.81. The minimum atomic E-state index is -0.794. The zero-order valence-electron chi connectivity index (χ0n) is 9.75. The molecule has 0 unspecified atom stereocenters. The summed E-state index contributed by atoms with van der Waals surface area (Å²) in [6, 6.07) is 1.53. The molecule has 1 aliphatic rings. The average Bonchev–Trinajstić information content (AvgIpc) is 2.33. The van der Waals surface area contributed by atoms with Gasteiger partial charge in [-0.2, -0.15) is 0 Å². The van der Waals surface area contributed by atoms with Crippen LogP contribution < -0.4 is 11.1 Å². The van der Waals surface area contributed by atoms with Crippen LogP contribution in [0.1, 0.15) is 12.8 Å². The van der Waals surface area contributed by atoms with Gasteiger partial charge >= 0.3 is 0 Å². The molecule has 5 nitrogen and oxygen atoms in total. The highest BCUT2D eigenvalue weighted by Gasteiger charge is 2.29. The first kappa shape index (κ1) is 13.7. The van der Waals surface area contributed by atoms with E-state index in [9.17, 15) is 5.11 Å².